The van der Waals surface area contributed by atoms with Gasteiger partial charge in [0, 0.05) is 62.8 Å². The van der Waals surface area contributed by atoms with E-state index < -0.39 is 0 Å². The Labute approximate surface area is 260 Å². The van der Waals surface area contributed by atoms with E-state index in [9.17, 15) is 14.4 Å². The first-order chi connectivity index (χ1) is 21.1. The van der Waals surface area contributed by atoms with Gasteiger partial charge in [0.25, 0.3) is 5.56 Å². The Morgan fingerprint density at radius 3 is 2.45 bits per heavy atom. The molecule has 0 unspecified atom stereocenters. The molecular weight excluding hydrogens is 556 g/mol. The number of aromatic nitrogens is 2. The lowest BCUT2D eigenvalue weighted by atomic mass is 9.99. The van der Waals surface area contributed by atoms with Crippen molar-refractivity contribution in [2.45, 2.75) is 65.8 Å². The van der Waals surface area contributed by atoms with Crippen molar-refractivity contribution in [2.24, 2.45) is 10.7 Å². The van der Waals surface area contributed by atoms with Gasteiger partial charge in [-0.15, -0.1) is 0 Å². The van der Waals surface area contributed by atoms with Crippen molar-refractivity contribution in [3.8, 4) is 0 Å². The molecule has 1 aliphatic carbocycles. The number of anilines is 2. The summed E-state index contributed by atoms with van der Waals surface area (Å²) in [4.78, 5) is 54.0. The van der Waals surface area contributed by atoms with Gasteiger partial charge in [-0.25, -0.2) is 9.98 Å². The van der Waals surface area contributed by atoms with Gasteiger partial charge in [-0.3, -0.25) is 19.3 Å². The molecule has 1 aliphatic heterocycles. The molecule has 0 spiro atoms. The summed E-state index contributed by atoms with van der Waals surface area (Å²) in [7, 11) is 1.91. The third kappa shape index (κ3) is 7.81. The molecule has 0 radical (unpaired) electrons. The third-order valence-corrected chi connectivity index (χ3v) is 8.65. The van der Waals surface area contributed by atoms with Crippen molar-refractivity contribution in [1.82, 2.24) is 19.4 Å². The topological polar surface area (TPSA) is 129 Å². The van der Waals surface area contributed by atoms with Crippen LogP contribution in [0.1, 0.15) is 79.2 Å². The van der Waals surface area contributed by atoms with Crippen LogP contribution in [0.2, 0.25) is 0 Å². The average Bonchev–Trinajstić information content (AvgIpc) is 3.52. The van der Waals surface area contributed by atoms with Gasteiger partial charge in [0.05, 0.1) is 24.0 Å². The van der Waals surface area contributed by atoms with Crippen LogP contribution in [0.25, 0.3) is 0 Å². The minimum absolute atomic E-state index is 0.117. The van der Waals surface area contributed by atoms with Crippen LogP contribution in [-0.2, 0) is 4.79 Å². The van der Waals surface area contributed by atoms with E-state index in [1.165, 1.54) is 6.92 Å². The second-order valence-electron chi connectivity index (χ2n) is 11.8. The fourth-order valence-electron chi connectivity index (χ4n) is 6.26. The van der Waals surface area contributed by atoms with Gasteiger partial charge in [0.2, 0.25) is 5.91 Å². The molecule has 1 saturated heterocycles. The Bertz CT molecular complexity index is 1430. The van der Waals surface area contributed by atoms with Crippen LogP contribution in [0.4, 0.5) is 11.5 Å². The number of pyridine rings is 2. The zero-order valence-corrected chi connectivity index (χ0v) is 26.9. The predicted molar refractivity (Wildman–Crippen MR) is 177 cm³/mol. The van der Waals surface area contributed by atoms with E-state index in [0.29, 0.717) is 49.9 Å². The van der Waals surface area contributed by atoms with Crippen LogP contribution in [0, 0.1) is 13.8 Å². The summed E-state index contributed by atoms with van der Waals surface area (Å²) in [6.45, 7) is 11.7. The molecule has 2 aliphatic rings. The molecule has 2 aromatic heterocycles. The molecule has 1 saturated carbocycles. The van der Waals surface area contributed by atoms with Crippen molar-refractivity contribution >= 4 is 29.4 Å². The van der Waals surface area contributed by atoms with Gasteiger partial charge in [0.1, 0.15) is 11.6 Å². The van der Waals surface area contributed by atoms with E-state index in [2.05, 4.69) is 15.2 Å². The highest BCUT2D eigenvalue weighted by Crippen LogP contribution is 2.31. The number of rotatable bonds is 12. The molecule has 0 atom stereocenters. The zero-order chi connectivity index (χ0) is 31.8. The molecule has 0 bridgehead atoms. The number of carbonyl (C=O) groups excluding carboxylic acids is 2. The fourth-order valence-corrected chi connectivity index (χ4v) is 6.26. The molecule has 2 aromatic rings. The smallest absolute Gasteiger partial charge is 0.262 e. The average molecular weight is 605 g/mol. The Morgan fingerprint density at radius 1 is 1.16 bits per heavy atom. The number of aliphatic imine (C=N–C) groups is 1. The summed E-state index contributed by atoms with van der Waals surface area (Å²) in [5, 5.41) is 3.32. The molecule has 3 heterocycles. The highest BCUT2D eigenvalue weighted by atomic mass is 16.2. The van der Waals surface area contributed by atoms with Crippen LogP contribution in [0.5, 0.6) is 0 Å². The predicted octanol–water partition coefficient (Wildman–Crippen LogP) is 3.50. The molecule has 11 nitrogen and oxygen atoms in total. The van der Waals surface area contributed by atoms with Crippen LogP contribution in [0.15, 0.2) is 40.0 Å². The van der Waals surface area contributed by atoms with E-state index >= 15 is 0 Å². The SMILES string of the molecule is CC/C=C(/N=C\c1c(C)c(C(C)=O)c(=O)n(C2CCCC2)c1C)Nc1ccc(N2CCN(C(=O)CN(C)CCN)CC2)cn1. The number of carbonyl (C=O) groups is 2. The molecule has 0 aromatic carbocycles. The second kappa shape index (κ2) is 15.3. The number of nitrogens with zero attached hydrogens (tertiary/aromatic N) is 6. The minimum atomic E-state index is -0.219. The third-order valence-electron chi connectivity index (χ3n) is 8.65. The van der Waals surface area contributed by atoms with Crippen LogP contribution in [-0.4, -0.2) is 90.1 Å². The Hall–Kier alpha value is -3.83. The molecule has 238 valence electrons. The number of nitrogens with one attached hydrogen (secondary N) is 1. The van der Waals surface area contributed by atoms with Gasteiger partial charge in [-0.2, -0.15) is 0 Å². The van der Waals surface area contributed by atoms with E-state index in [4.69, 9.17) is 10.7 Å². The summed E-state index contributed by atoms with van der Waals surface area (Å²) >= 11 is 0. The standard InChI is InChI=1S/C33H48N8O3/c1-6-9-29(36-21-28-23(2)32(25(4)42)33(44)41(24(28)3)26-10-7-8-11-26)37-30-13-12-27(20-35-30)39-16-18-40(19-17-39)31(43)22-38(5)15-14-34/h9,12-13,20-21,26H,6-8,10-11,14-19,22,34H2,1-5H3,(H,35,37)/b29-9-,36-21-. The normalized spacial score (nSPS) is 16.4. The summed E-state index contributed by atoms with van der Waals surface area (Å²) in [6.07, 6.45) is 10.4. The molecule has 3 N–H and O–H groups in total. The van der Waals surface area contributed by atoms with Gasteiger partial charge >= 0.3 is 0 Å². The van der Waals surface area contributed by atoms with E-state index in [0.717, 1.165) is 62.1 Å². The molecule has 1 amide bonds. The van der Waals surface area contributed by atoms with E-state index in [1.807, 2.05) is 66.6 Å². The molecule has 44 heavy (non-hydrogen) atoms. The number of Topliss-reactive ketones (excluding diaryl/α,β-unsaturated/α-hetero) is 1. The summed E-state index contributed by atoms with van der Waals surface area (Å²) in [5.74, 6) is 1.22. The first-order valence-corrected chi connectivity index (χ1v) is 15.8. The molecular formula is C33H48N8O3. The lowest BCUT2D eigenvalue weighted by Crippen LogP contribution is -2.51. The number of hydrogen-bond acceptors (Lipinski definition) is 9. The quantitative estimate of drug-likeness (QED) is 0.278. The number of hydrogen-bond donors (Lipinski definition) is 2. The molecule has 11 heteroatoms. The van der Waals surface area contributed by atoms with Crippen molar-refractivity contribution in [1.29, 1.82) is 0 Å². The maximum Gasteiger partial charge on any atom is 0.262 e. The number of ketones is 1. The summed E-state index contributed by atoms with van der Waals surface area (Å²) in [6, 6.07) is 4.07. The van der Waals surface area contributed by atoms with E-state index in [-0.39, 0.29) is 28.9 Å². The maximum absolute atomic E-state index is 13.4. The van der Waals surface area contributed by atoms with Crippen molar-refractivity contribution < 1.29 is 9.59 Å². The number of piperazine rings is 1. The highest BCUT2D eigenvalue weighted by molar-refractivity contribution is 5.98. The Kier molecular flexibility index (Phi) is 11.5. The Balaban J connectivity index is 1.45. The van der Waals surface area contributed by atoms with Crippen LogP contribution >= 0.6 is 0 Å². The van der Waals surface area contributed by atoms with Crippen molar-refractivity contribution in [3.05, 3.63) is 63.0 Å². The highest BCUT2D eigenvalue weighted by Gasteiger charge is 2.26. The number of likely N-dealkylation sites (N-methyl/N-ethyl adjacent to an activating group) is 1. The van der Waals surface area contributed by atoms with Gasteiger partial charge in [-0.05, 0) is 70.9 Å². The zero-order valence-electron chi connectivity index (χ0n) is 26.9. The summed E-state index contributed by atoms with van der Waals surface area (Å²) < 4.78 is 1.82. The monoisotopic (exact) mass is 604 g/mol. The molecule has 4 rings (SSSR count). The van der Waals surface area contributed by atoms with Crippen molar-refractivity contribution in [3.63, 3.8) is 0 Å². The number of allylic oxidation sites excluding steroid dienone is 1. The maximum atomic E-state index is 13.4. The van der Waals surface area contributed by atoms with Gasteiger partial charge in [0.15, 0.2) is 5.78 Å². The molecule has 2 fully saturated rings. The first-order valence-electron chi connectivity index (χ1n) is 15.8. The fraction of sp³-hybridized carbons (Fsp3) is 0.545. The number of nitrogens with two attached hydrogens (primary N) is 1. The largest absolute Gasteiger partial charge is 0.367 e. The van der Waals surface area contributed by atoms with Crippen LogP contribution in [0.3, 0.4) is 0 Å². The van der Waals surface area contributed by atoms with Crippen LogP contribution < -0.4 is 21.5 Å². The van der Waals surface area contributed by atoms with Gasteiger partial charge in [-0.1, -0.05) is 19.8 Å². The second-order valence-corrected chi connectivity index (χ2v) is 11.8. The lowest BCUT2D eigenvalue weighted by molar-refractivity contribution is -0.132. The van der Waals surface area contributed by atoms with E-state index in [1.54, 1.807) is 6.21 Å². The minimum Gasteiger partial charge on any atom is -0.367 e. The number of amides is 1. The summed E-state index contributed by atoms with van der Waals surface area (Å²) in [5.41, 5.74) is 8.98. The van der Waals surface area contributed by atoms with Crippen molar-refractivity contribution in [2.75, 3.05) is 63.1 Å². The Morgan fingerprint density at radius 2 is 1.86 bits per heavy atom. The first kappa shape index (κ1) is 33.1. The van der Waals surface area contributed by atoms with Gasteiger partial charge < -0.3 is 25.4 Å². The lowest BCUT2D eigenvalue weighted by Gasteiger charge is -2.36.